The topological polar surface area (TPSA) is 29.3 Å². The lowest BCUT2D eigenvalue weighted by Crippen LogP contribution is -2.30. The van der Waals surface area contributed by atoms with Crippen LogP contribution < -0.4 is 5.73 Å². The second kappa shape index (κ2) is 8.10. The van der Waals surface area contributed by atoms with Crippen LogP contribution in [-0.4, -0.2) is 30.6 Å². The fourth-order valence-electron chi connectivity index (χ4n) is 3.23. The van der Waals surface area contributed by atoms with E-state index in [1.165, 1.54) is 51.6 Å². The second-order valence-electron chi connectivity index (χ2n) is 5.96. The minimum Gasteiger partial charge on any atom is -0.330 e. The van der Waals surface area contributed by atoms with Gasteiger partial charge in [-0.1, -0.05) is 20.8 Å². The first-order chi connectivity index (χ1) is 8.19. The molecule has 1 saturated heterocycles. The van der Waals surface area contributed by atoms with Crippen LogP contribution in [-0.2, 0) is 0 Å². The fraction of sp³-hybridized carbons (Fsp3) is 1.00. The third kappa shape index (κ3) is 4.97. The molecule has 2 unspecified atom stereocenters. The van der Waals surface area contributed by atoms with Crippen LogP contribution in [0.1, 0.15) is 59.3 Å². The molecule has 0 spiro atoms. The van der Waals surface area contributed by atoms with Gasteiger partial charge in [0.2, 0.25) is 0 Å². The molecule has 2 heteroatoms. The molecular weight excluding hydrogens is 208 g/mol. The van der Waals surface area contributed by atoms with Gasteiger partial charge in [0.1, 0.15) is 0 Å². The third-order valence-electron chi connectivity index (χ3n) is 4.47. The van der Waals surface area contributed by atoms with Crippen LogP contribution in [0.15, 0.2) is 0 Å². The standard InChI is InChI=1S/C15H32N2/c1-4-15-8-6-12-17(15)11-5-7-14(9-10-16)13(2)3/h13-15H,4-12,16H2,1-3H3. The number of nitrogens with two attached hydrogens (primary N) is 1. The van der Waals surface area contributed by atoms with E-state index in [9.17, 15) is 0 Å². The highest BCUT2D eigenvalue weighted by Gasteiger charge is 2.22. The van der Waals surface area contributed by atoms with Crippen molar-refractivity contribution in [3.8, 4) is 0 Å². The maximum atomic E-state index is 5.69. The molecule has 0 radical (unpaired) electrons. The molecule has 102 valence electrons. The van der Waals surface area contributed by atoms with E-state index in [4.69, 9.17) is 5.73 Å². The summed E-state index contributed by atoms with van der Waals surface area (Å²) in [5, 5.41) is 0. The lowest BCUT2D eigenvalue weighted by molar-refractivity contribution is 0.228. The normalized spacial score (nSPS) is 23.5. The predicted octanol–water partition coefficient (Wildman–Crippen LogP) is 3.26. The van der Waals surface area contributed by atoms with Gasteiger partial charge in [0, 0.05) is 6.04 Å². The summed E-state index contributed by atoms with van der Waals surface area (Å²) in [4.78, 5) is 2.71. The van der Waals surface area contributed by atoms with Gasteiger partial charge in [-0.25, -0.2) is 0 Å². The van der Waals surface area contributed by atoms with E-state index >= 15 is 0 Å². The molecule has 17 heavy (non-hydrogen) atoms. The van der Waals surface area contributed by atoms with Crippen molar-refractivity contribution in [1.82, 2.24) is 4.90 Å². The molecular formula is C15H32N2. The number of hydrogen-bond acceptors (Lipinski definition) is 2. The lowest BCUT2D eigenvalue weighted by atomic mass is 9.88. The van der Waals surface area contributed by atoms with Crippen molar-refractivity contribution in [2.75, 3.05) is 19.6 Å². The lowest BCUT2D eigenvalue weighted by Gasteiger charge is -2.25. The molecule has 0 aromatic rings. The van der Waals surface area contributed by atoms with Gasteiger partial charge in [0.25, 0.3) is 0 Å². The highest BCUT2D eigenvalue weighted by atomic mass is 15.2. The molecule has 0 saturated carbocycles. The molecule has 1 fully saturated rings. The average Bonchev–Trinajstić information content (AvgIpc) is 2.75. The minimum atomic E-state index is 0.791. The molecule has 0 amide bonds. The minimum absolute atomic E-state index is 0.791. The Morgan fingerprint density at radius 1 is 1.29 bits per heavy atom. The van der Waals surface area contributed by atoms with E-state index in [-0.39, 0.29) is 0 Å². The first-order valence-electron chi connectivity index (χ1n) is 7.63. The van der Waals surface area contributed by atoms with Gasteiger partial charge in [-0.2, -0.15) is 0 Å². The van der Waals surface area contributed by atoms with Crippen molar-refractivity contribution in [3.05, 3.63) is 0 Å². The van der Waals surface area contributed by atoms with Crippen LogP contribution in [0.3, 0.4) is 0 Å². The molecule has 1 heterocycles. The van der Waals surface area contributed by atoms with Gasteiger partial charge in [-0.3, -0.25) is 0 Å². The van der Waals surface area contributed by atoms with Gasteiger partial charge in [0.05, 0.1) is 0 Å². The van der Waals surface area contributed by atoms with Crippen LogP contribution in [0.25, 0.3) is 0 Å². The smallest absolute Gasteiger partial charge is 0.00931 e. The summed E-state index contributed by atoms with van der Waals surface area (Å²) < 4.78 is 0. The van der Waals surface area contributed by atoms with Crippen molar-refractivity contribution in [3.63, 3.8) is 0 Å². The predicted molar refractivity (Wildman–Crippen MR) is 76.1 cm³/mol. The second-order valence-corrected chi connectivity index (χ2v) is 5.96. The van der Waals surface area contributed by atoms with Crippen LogP contribution in [0.5, 0.6) is 0 Å². The molecule has 1 rings (SSSR count). The van der Waals surface area contributed by atoms with E-state index in [2.05, 4.69) is 25.7 Å². The molecule has 2 nitrogen and oxygen atoms in total. The highest BCUT2D eigenvalue weighted by Crippen LogP contribution is 2.23. The summed E-state index contributed by atoms with van der Waals surface area (Å²) in [7, 11) is 0. The van der Waals surface area contributed by atoms with Gasteiger partial charge in [0.15, 0.2) is 0 Å². The summed E-state index contributed by atoms with van der Waals surface area (Å²) >= 11 is 0. The van der Waals surface area contributed by atoms with Gasteiger partial charge < -0.3 is 10.6 Å². The number of nitrogens with zero attached hydrogens (tertiary/aromatic N) is 1. The Bertz CT molecular complexity index is 189. The molecule has 2 atom stereocenters. The fourth-order valence-corrected chi connectivity index (χ4v) is 3.23. The molecule has 2 N–H and O–H groups in total. The molecule has 0 aliphatic carbocycles. The number of rotatable bonds is 8. The van der Waals surface area contributed by atoms with Gasteiger partial charge >= 0.3 is 0 Å². The van der Waals surface area contributed by atoms with Crippen LogP contribution in [0.4, 0.5) is 0 Å². The number of likely N-dealkylation sites (tertiary alicyclic amines) is 1. The van der Waals surface area contributed by atoms with E-state index in [0.29, 0.717) is 0 Å². The zero-order valence-corrected chi connectivity index (χ0v) is 12.1. The van der Waals surface area contributed by atoms with E-state index in [0.717, 1.165) is 24.4 Å². The summed E-state index contributed by atoms with van der Waals surface area (Å²) in [6, 6.07) is 0.877. The summed E-state index contributed by atoms with van der Waals surface area (Å²) in [6.45, 7) is 10.5. The van der Waals surface area contributed by atoms with Crippen molar-refractivity contribution < 1.29 is 0 Å². The third-order valence-corrected chi connectivity index (χ3v) is 4.47. The van der Waals surface area contributed by atoms with Crippen molar-refractivity contribution in [2.45, 2.75) is 65.3 Å². The molecule has 0 aromatic carbocycles. The zero-order valence-electron chi connectivity index (χ0n) is 12.1. The summed E-state index contributed by atoms with van der Waals surface area (Å²) in [6.07, 6.45) is 8.09. The molecule has 0 bridgehead atoms. The number of hydrogen-bond donors (Lipinski definition) is 1. The van der Waals surface area contributed by atoms with Crippen LogP contribution >= 0.6 is 0 Å². The van der Waals surface area contributed by atoms with Crippen LogP contribution in [0.2, 0.25) is 0 Å². The van der Waals surface area contributed by atoms with E-state index in [1.807, 2.05) is 0 Å². The molecule has 0 aromatic heterocycles. The first kappa shape index (κ1) is 15.0. The Labute approximate surface area is 108 Å². The largest absolute Gasteiger partial charge is 0.330 e. The maximum absolute atomic E-state index is 5.69. The summed E-state index contributed by atoms with van der Waals surface area (Å²) in [5.74, 6) is 1.63. The molecule has 1 aliphatic heterocycles. The Morgan fingerprint density at radius 2 is 2.06 bits per heavy atom. The maximum Gasteiger partial charge on any atom is 0.00931 e. The monoisotopic (exact) mass is 240 g/mol. The van der Waals surface area contributed by atoms with Gasteiger partial charge in [-0.15, -0.1) is 0 Å². The van der Waals surface area contributed by atoms with Crippen LogP contribution in [0, 0.1) is 11.8 Å². The Hall–Kier alpha value is -0.0800. The van der Waals surface area contributed by atoms with Crippen molar-refractivity contribution in [2.24, 2.45) is 17.6 Å². The Balaban J connectivity index is 2.21. The first-order valence-corrected chi connectivity index (χ1v) is 7.63. The average molecular weight is 240 g/mol. The highest BCUT2D eigenvalue weighted by molar-refractivity contribution is 4.78. The molecule has 1 aliphatic rings. The zero-order chi connectivity index (χ0) is 12.7. The van der Waals surface area contributed by atoms with Crippen molar-refractivity contribution >= 4 is 0 Å². The quantitative estimate of drug-likeness (QED) is 0.705. The Morgan fingerprint density at radius 3 is 2.65 bits per heavy atom. The van der Waals surface area contributed by atoms with E-state index in [1.54, 1.807) is 0 Å². The SMILES string of the molecule is CCC1CCCN1CCCC(CCN)C(C)C. The van der Waals surface area contributed by atoms with Crippen molar-refractivity contribution in [1.29, 1.82) is 0 Å². The summed E-state index contributed by atoms with van der Waals surface area (Å²) in [5.41, 5.74) is 5.69. The van der Waals surface area contributed by atoms with Gasteiger partial charge in [-0.05, 0) is 70.0 Å². The van der Waals surface area contributed by atoms with E-state index < -0.39 is 0 Å². The Kier molecular flexibility index (Phi) is 7.14.